The van der Waals surface area contributed by atoms with Gasteiger partial charge in [0.2, 0.25) is 0 Å². The Balaban J connectivity index is 3.69. The fraction of sp³-hybridized carbons (Fsp3) is 1.00. The van der Waals surface area contributed by atoms with E-state index < -0.39 is 0 Å². The van der Waals surface area contributed by atoms with Gasteiger partial charge in [0.25, 0.3) is 0 Å². The molecule has 0 aromatic carbocycles. The van der Waals surface area contributed by atoms with E-state index in [1.165, 1.54) is 25.7 Å². The van der Waals surface area contributed by atoms with Gasteiger partial charge in [-0.15, -0.1) is 0 Å². The number of aliphatic hydroxyl groups excluding tert-OH is 1. The number of unbranched alkanes of at least 4 members (excludes halogenated alkanes) is 1. The van der Waals surface area contributed by atoms with Gasteiger partial charge in [-0.2, -0.15) is 0 Å². The van der Waals surface area contributed by atoms with Gasteiger partial charge < -0.3 is 10.0 Å². The van der Waals surface area contributed by atoms with Gasteiger partial charge in [0, 0.05) is 12.6 Å². The molecule has 0 atom stereocenters. The molecular formula is C12H27NO. The van der Waals surface area contributed by atoms with E-state index in [2.05, 4.69) is 25.8 Å². The van der Waals surface area contributed by atoms with Crippen LogP contribution in [0.2, 0.25) is 0 Å². The summed E-state index contributed by atoms with van der Waals surface area (Å²) in [5, 5.41) is 8.71. The van der Waals surface area contributed by atoms with Crippen molar-refractivity contribution in [2.45, 2.75) is 58.4 Å². The summed E-state index contributed by atoms with van der Waals surface area (Å²) >= 11 is 0. The van der Waals surface area contributed by atoms with E-state index in [-0.39, 0.29) is 0 Å². The molecule has 86 valence electrons. The van der Waals surface area contributed by atoms with Crippen molar-refractivity contribution in [3.63, 3.8) is 0 Å². The number of rotatable bonds is 9. The predicted molar refractivity (Wildman–Crippen MR) is 62.6 cm³/mol. The summed E-state index contributed by atoms with van der Waals surface area (Å²) in [7, 11) is 2.22. The molecule has 0 amide bonds. The quantitative estimate of drug-likeness (QED) is 0.580. The van der Waals surface area contributed by atoms with Crippen molar-refractivity contribution in [1.29, 1.82) is 0 Å². The summed E-state index contributed by atoms with van der Waals surface area (Å²) in [6.45, 7) is 5.97. The van der Waals surface area contributed by atoms with Crippen LogP contribution in [0.3, 0.4) is 0 Å². The molecule has 0 radical (unpaired) electrons. The summed E-state index contributed by atoms with van der Waals surface area (Å²) in [6, 6.07) is 0.753. The van der Waals surface area contributed by atoms with Crippen molar-refractivity contribution in [3.8, 4) is 0 Å². The molecule has 0 aliphatic carbocycles. The predicted octanol–water partition coefficient (Wildman–Crippen LogP) is 2.66. The van der Waals surface area contributed by atoms with Gasteiger partial charge in [-0.25, -0.2) is 0 Å². The maximum atomic E-state index is 8.71. The van der Waals surface area contributed by atoms with Crippen molar-refractivity contribution in [1.82, 2.24) is 4.90 Å². The van der Waals surface area contributed by atoms with Gasteiger partial charge in [-0.3, -0.25) is 0 Å². The zero-order chi connectivity index (χ0) is 10.8. The van der Waals surface area contributed by atoms with Crippen LogP contribution in [0, 0.1) is 0 Å². The normalized spacial score (nSPS) is 11.6. The molecule has 0 spiro atoms. The summed E-state index contributed by atoms with van der Waals surface area (Å²) < 4.78 is 0. The zero-order valence-electron chi connectivity index (χ0n) is 10.1. The molecule has 0 aliphatic rings. The van der Waals surface area contributed by atoms with Crippen molar-refractivity contribution in [3.05, 3.63) is 0 Å². The molecule has 0 bridgehead atoms. The minimum atomic E-state index is 0.333. The molecule has 0 rings (SSSR count). The van der Waals surface area contributed by atoms with Crippen LogP contribution in [0.4, 0.5) is 0 Å². The summed E-state index contributed by atoms with van der Waals surface area (Å²) in [6.07, 6.45) is 7.23. The first-order valence-corrected chi connectivity index (χ1v) is 6.07. The number of hydrogen-bond acceptors (Lipinski definition) is 2. The van der Waals surface area contributed by atoms with E-state index in [1.807, 2.05) is 0 Å². The third-order valence-electron chi connectivity index (χ3n) is 2.79. The van der Waals surface area contributed by atoms with Crippen molar-refractivity contribution >= 4 is 0 Å². The molecule has 0 saturated heterocycles. The molecule has 0 heterocycles. The van der Waals surface area contributed by atoms with Crippen LogP contribution in [0.15, 0.2) is 0 Å². The highest BCUT2D eigenvalue weighted by molar-refractivity contribution is 4.67. The summed E-state index contributed by atoms with van der Waals surface area (Å²) in [5.41, 5.74) is 0. The largest absolute Gasteiger partial charge is 0.396 e. The first kappa shape index (κ1) is 13.9. The molecule has 1 N–H and O–H groups in total. The second-order valence-corrected chi connectivity index (χ2v) is 4.14. The van der Waals surface area contributed by atoms with Gasteiger partial charge >= 0.3 is 0 Å². The van der Waals surface area contributed by atoms with Gasteiger partial charge in [0.15, 0.2) is 0 Å². The molecule has 0 saturated carbocycles. The van der Waals surface area contributed by atoms with E-state index in [1.54, 1.807) is 0 Å². The van der Waals surface area contributed by atoms with Crippen LogP contribution in [0.1, 0.15) is 52.4 Å². The number of nitrogens with zero attached hydrogens (tertiary/aromatic N) is 1. The second kappa shape index (κ2) is 9.47. The van der Waals surface area contributed by atoms with Crippen LogP contribution in [0.25, 0.3) is 0 Å². The Bertz CT molecular complexity index is 111. The Morgan fingerprint density at radius 1 is 1.07 bits per heavy atom. The Morgan fingerprint density at radius 3 is 2.07 bits per heavy atom. The number of aliphatic hydroxyl groups is 1. The third-order valence-corrected chi connectivity index (χ3v) is 2.79. The second-order valence-electron chi connectivity index (χ2n) is 4.14. The average Bonchev–Trinajstić information content (AvgIpc) is 2.18. The molecule has 0 aromatic rings. The molecule has 2 nitrogen and oxygen atoms in total. The lowest BCUT2D eigenvalue weighted by atomic mass is 10.1. The Labute approximate surface area is 89.3 Å². The van der Waals surface area contributed by atoms with Crippen LogP contribution in [-0.2, 0) is 0 Å². The highest BCUT2D eigenvalue weighted by Crippen LogP contribution is 2.12. The molecular weight excluding hydrogens is 174 g/mol. The van der Waals surface area contributed by atoms with E-state index in [0.717, 1.165) is 25.4 Å². The lowest BCUT2D eigenvalue weighted by Crippen LogP contribution is -2.32. The Hall–Kier alpha value is -0.0800. The highest BCUT2D eigenvalue weighted by atomic mass is 16.2. The average molecular weight is 201 g/mol. The van der Waals surface area contributed by atoms with Gasteiger partial charge in [-0.05, 0) is 39.3 Å². The fourth-order valence-corrected chi connectivity index (χ4v) is 1.91. The standard InChI is InChI=1S/C12H27NO/c1-4-8-12(9-5-2)13(3)10-6-7-11-14/h12,14H,4-11H2,1-3H3. The molecule has 0 fully saturated rings. The number of hydrogen-bond donors (Lipinski definition) is 1. The van der Waals surface area contributed by atoms with Gasteiger partial charge in [-0.1, -0.05) is 26.7 Å². The van der Waals surface area contributed by atoms with E-state index in [0.29, 0.717) is 6.61 Å². The first-order chi connectivity index (χ1) is 6.76. The van der Waals surface area contributed by atoms with Crippen LogP contribution < -0.4 is 0 Å². The molecule has 14 heavy (non-hydrogen) atoms. The van der Waals surface area contributed by atoms with Crippen molar-refractivity contribution in [2.24, 2.45) is 0 Å². The van der Waals surface area contributed by atoms with Crippen LogP contribution in [0.5, 0.6) is 0 Å². The lowest BCUT2D eigenvalue weighted by molar-refractivity contribution is 0.202. The maximum Gasteiger partial charge on any atom is 0.0431 e. The minimum Gasteiger partial charge on any atom is -0.396 e. The molecule has 0 aromatic heterocycles. The summed E-state index contributed by atoms with van der Waals surface area (Å²) in [4.78, 5) is 2.46. The maximum absolute atomic E-state index is 8.71. The van der Waals surface area contributed by atoms with Crippen molar-refractivity contribution < 1.29 is 5.11 Å². The zero-order valence-corrected chi connectivity index (χ0v) is 10.1. The third kappa shape index (κ3) is 6.39. The highest BCUT2D eigenvalue weighted by Gasteiger charge is 2.11. The summed E-state index contributed by atoms with van der Waals surface area (Å²) in [5.74, 6) is 0. The molecule has 2 heteroatoms. The Morgan fingerprint density at radius 2 is 1.64 bits per heavy atom. The Kier molecular flexibility index (Phi) is 9.42. The van der Waals surface area contributed by atoms with Gasteiger partial charge in [0.1, 0.15) is 0 Å². The first-order valence-electron chi connectivity index (χ1n) is 6.07. The minimum absolute atomic E-state index is 0.333. The molecule has 0 aliphatic heterocycles. The SMILES string of the molecule is CCCC(CCC)N(C)CCCCO. The van der Waals surface area contributed by atoms with Crippen molar-refractivity contribution in [2.75, 3.05) is 20.2 Å². The molecule has 0 unspecified atom stereocenters. The van der Waals surface area contributed by atoms with E-state index >= 15 is 0 Å². The van der Waals surface area contributed by atoms with Crippen LogP contribution in [-0.4, -0.2) is 36.2 Å². The van der Waals surface area contributed by atoms with Gasteiger partial charge in [0.05, 0.1) is 0 Å². The monoisotopic (exact) mass is 201 g/mol. The van der Waals surface area contributed by atoms with E-state index in [4.69, 9.17) is 5.11 Å². The van der Waals surface area contributed by atoms with Crippen LogP contribution >= 0.6 is 0 Å². The lowest BCUT2D eigenvalue weighted by Gasteiger charge is -2.27. The van der Waals surface area contributed by atoms with E-state index in [9.17, 15) is 0 Å². The topological polar surface area (TPSA) is 23.5 Å². The smallest absolute Gasteiger partial charge is 0.0431 e. The fourth-order valence-electron chi connectivity index (χ4n) is 1.91.